The summed E-state index contributed by atoms with van der Waals surface area (Å²) < 4.78 is 7.79. The monoisotopic (exact) mass is 338 g/mol. The summed E-state index contributed by atoms with van der Waals surface area (Å²) in [5, 5.41) is 0. The number of aromatic nitrogens is 2. The van der Waals surface area contributed by atoms with E-state index in [2.05, 4.69) is 0 Å². The first-order valence-electron chi connectivity index (χ1n) is 8.26. The molecule has 0 unspecified atom stereocenters. The predicted molar refractivity (Wildman–Crippen MR) is 91.4 cm³/mol. The highest BCUT2D eigenvalue weighted by molar-refractivity contribution is 6.01. The summed E-state index contributed by atoms with van der Waals surface area (Å²) in [6, 6.07) is 0.0803. The van der Waals surface area contributed by atoms with Gasteiger partial charge < -0.3 is 10.5 Å². The van der Waals surface area contributed by atoms with Crippen molar-refractivity contribution >= 4 is 11.6 Å². The van der Waals surface area contributed by atoms with E-state index in [1.54, 1.807) is 0 Å². The molecule has 0 saturated carbocycles. The van der Waals surface area contributed by atoms with Crippen LogP contribution in [0.3, 0.4) is 0 Å². The minimum absolute atomic E-state index is 0.0308. The van der Waals surface area contributed by atoms with Crippen molar-refractivity contribution in [3.05, 3.63) is 26.4 Å². The van der Waals surface area contributed by atoms with Crippen LogP contribution in [0.15, 0.2) is 9.59 Å². The first-order valence-corrected chi connectivity index (χ1v) is 8.26. The summed E-state index contributed by atoms with van der Waals surface area (Å²) in [5.74, 6) is -0.400. The number of carbonyl (C=O) groups excluding carboxylic acids is 1. The summed E-state index contributed by atoms with van der Waals surface area (Å²) in [7, 11) is 1.37. The molecule has 0 aliphatic carbocycles. The number of morpholine rings is 1. The lowest BCUT2D eigenvalue weighted by Gasteiger charge is -2.36. The molecule has 1 fully saturated rings. The smallest absolute Gasteiger partial charge is 0.332 e. The quantitative estimate of drug-likeness (QED) is 0.749. The molecule has 2 atom stereocenters. The Balaban J connectivity index is 2.39. The number of ether oxygens (including phenoxy) is 1. The Morgan fingerprint density at radius 2 is 2.00 bits per heavy atom. The van der Waals surface area contributed by atoms with Crippen LogP contribution in [0.5, 0.6) is 0 Å². The lowest BCUT2D eigenvalue weighted by atomic mass is 10.1. The zero-order chi connectivity index (χ0) is 18.0. The van der Waals surface area contributed by atoms with Gasteiger partial charge in [0.15, 0.2) is 5.78 Å². The van der Waals surface area contributed by atoms with Crippen molar-refractivity contribution in [1.29, 1.82) is 0 Å². The summed E-state index contributed by atoms with van der Waals surface area (Å²) in [4.78, 5) is 39.3. The second-order valence-corrected chi connectivity index (χ2v) is 6.40. The maximum atomic E-state index is 12.7. The van der Waals surface area contributed by atoms with E-state index in [1.165, 1.54) is 11.6 Å². The van der Waals surface area contributed by atoms with Gasteiger partial charge in [0, 0.05) is 26.2 Å². The van der Waals surface area contributed by atoms with Gasteiger partial charge in [-0.1, -0.05) is 6.92 Å². The molecule has 8 nitrogen and oxygen atoms in total. The van der Waals surface area contributed by atoms with Crippen molar-refractivity contribution in [2.45, 2.75) is 45.9 Å². The van der Waals surface area contributed by atoms with Gasteiger partial charge in [-0.15, -0.1) is 0 Å². The van der Waals surface area contributed by atoms with Gasteiger partial charge >= 0.3 is 5.69 Å². The second kappa shape index (κ2) is 7.31. The SMILES string of the molecule is CCCn1c(N)c(C(=O)CN2C[C@H](C)OC[C@H]2C)c(=O)n(C)c1=O. The van der Waals surface area contributed by atoms with Crippen molar-refractivity contribution in [3.63, 3.8) is 0 Å². The molecule has 24 heavy (non-hydrogen) atoms. The van der Waals surface area contributed by atoms with Gasteiger partial charge in [0.25, 0.3) is 5.56 Å². The molecule has 0 amide bonds. The van der Waals surface area contributed by atoms with Crippen molar-refractivity contribution in [2.24, 2.45) is 7.05 Å². The molecule has 8 heteroatoms. The van der Waals surface area contributed by atoms with Crippen LogP contribution < -0.4 is 17.0 Å². The molecular formula is C16H26N4O4. The maximum Gasteiger partial charge on any atom is 0.332 e. The Morgan fingerprint density at radius 3 is 2.62 bits per heavy atom. The van der Waals surface area contributed by atoms with E-state index in [0.29, 0.717) is 26.1 Å². The molecule has 1 aromatic heterocycles. The molecule has 1 aromatic rings. The summed E-state index contributed by atoms with van der Waals surface area (Å²) >= 11 is 0. The van der Waals surface area contributed by atoms with Crippen LogP contribution in [-0.4, -0.2) is 51.7 Å². The van der Waals surface area contributed by atoms with Gasteiger partial charge in [-0.2, -0.15) is 0 Å². The fraction of sp³-hybridized carbons (Fsp3) is 0.688. The van der Waals surface area contributed by atoms with Crippen LogP contribution in [0.1, 0.15) is 37.6 Å². The zero-order valence-corrected chi connectivity index (χ0v) is 14.7. The third-order valence-corrected chi connectivity index (χ3v) is 4.39. The van der Waals surface area contributed by atoms with Gasteiger partial charge in [0.2, 0.25) is 0 Å². The number of anilines is 1. The second-order valence-electron chi connectivity index (χ2n) is 6.40. The molecular weight excluding hydrogens is 312 g/mol. The van der Waals surface area contributed by atoms with Gasteiger partial charge in [-0.3, -0.25) is 23.6 Å². The number of hydrogen-bond acceptors (Lipinski definition) is 6. The van der Waals surface area contributed by atoms with Crippen molar-refractivity contribution in [1.82, 2.24) is 14.0 Å². The van der Waals surface area contributed by atoms with Crippen LogP contribution in [0.4, 0.5) is 5.82 Å². The molecule has 0 spiro atoms. The lowest BCUT2D eigenvalue weighted by Crippen LogP contribution is -2.50. The Hall–Kier alpha value is -1.93. The van der Waals surface area contributed by atoms with Crippen LogP contribution in [0.25, 0.3) is 0 Å². The van der Waals surface area contributed by atoms with Crippen molar-refractivity contribution < 1.29 is 9.53 Å². The number of ketones is 1. The summed E-state index contributed by atoms with van der Waals surface area (Å²) in [6.07, 6.45) is 0.705. The number of hydrogen-bond donors (Lipinski definition) is 1. The fourth-order valence-electron chi connectivity index (χ4n) is 2.94. The predicted octanol–water partition coefficient (Wildman–Crippen LogP) is -0.169. The molecule has 2 rings (SSSR count). The Bertz CT molecular complexity index is 737. The fourth-order valence-corrected chi connectivity index (χ4v) is 2.94. The van der Waals surface area contributed by atoms with Crippen molar-refractivity contribution in [3.8, 4) is 0 Å². The van der Waals surface area contributed by atoms with E-state index in [4.69, 9.17) is 10.5 Å². The normalized spacial score (nSPS) is 21.8. The minimum atomic E-state index is -0.635. The molecule has 2 N–H and O–H groups in total. The Kier molecular flexibility index (Phi) is 5.61. The molecule has 1 saturated heterocycles. The third kappa shape index (κ3) is 3.44. The largest absolute Gasteiger partial charge is 0.384 e. The molecule has 0 bridgehead atoms. The molecule has 0 radical (unpaired) electrons. The van der Waals surface area contributed by atoms with Crippen molar-refractivity contribution in [2.75, 3.05) is 25.4 Å². The van der Waals surface area contributed by atoms with Gasteiger partial charge in [0.05, 0.1) is 19.3 Å². The van der Waals surface area contributed by atoms with Crippen LogP contribution >= 0.6 is 0 Å². The number of nitrogens with zero attached hydrogens (tertiary/aromatic N) is 3. The highest BCUT2D eigenvalue weighted by Crippen LogP contribution is 2.13. The Morgan fingerprint density at radius 1 is 1.33 bits per heavy atom. The van der Waals surface area contributed by atoms with E-state index in [-0.39, 0.29) is 35.9 Å². The number of carbonyl (C=O) groups is 1. The van der Waals surface area contributed by atoms with E-state index >= 15 is 0 Å². The molecule has 1 aliphatic heterocycles. The van der Waals surface area contributed by atoms with Gasteiger partial charge in [0.1, 0.15) is 11.4 Å². The standard InChI is InChI=1S/C16H26N4O4/c1-5-6-20-14(17)13(15(22)18(4)16(20)23)12(21)8-19-7-11(3)24-9-10(19)2/h10-11H,5-9,17H2,1-4H3/t10-,11+/m1/s1. The van der Waals surface area contributed by atoms with E-state index in [1.807, 2.05) is 25.7 Å². The van der Waals surface area contributed by atoms with E-state index in [9.17, 15) is 14.4 Å². The van der Waals surface area contributed by atoms with E-state index in [0.717, 1.165) is 4.57 Å². The minimum Gasteiger partial charge on any atom is -0.384 e. The number of nitrogen functional groups attached to an aromatic ring is 1. The number of rotatable bonds is 5. The number of nitrogens with two attached hydrogens (primary N) is 1. The van der Waals surface area contributed by atoms with Gasteiger partial charge in [-0.05, 0) is 20.3 Å². The molecule has 0 aromatic carbocycles. The average Bonchev–Trinajstić information content (AvgIpc) is 2.53. The first-order chi connectivity index (χ1) is 11.3. The Labute approximate surface area is 140 Å². The lowest BCUT2D eigenvalue weighted by molar-refractivity contribution is -0.0460. The summed E-state index contributed by atoms with van der Waals surface area (Å²) in [6.45, 7) is 7.41. The van der Waals surface area contributed by atoms with Gasteiger partial charge in [-0.25, -0.2) is 4.79 Å². The van der Waals surface area contributed by atoms with Crippen LogP contribution in [0, 0.1) is 0 Å². The highest BCUT2D eigenvalue weighted by Gasteiger charge is 2.28. The topological polar surface area (TPSA) is 99.6 Å². The molecule has 134 valence electrons. The summed E-state index contributed by atoms with van der Waals surface area (Å²) in [5.41, 5.74) is 4.76. The third-order valence-electron chi connectivity index (χ3n) is 4.39. The molecule has 1 aliphatic rings. The highest BCUT2D eigenvalue weighted by atomic mass is 16.5. The number of Topliss-reactive ketones (excluding diaryl/α,β-unsaturated/α-hetero) is 1. The van der Waals surface area contributed by atoms with E-state index < -0.39 is 11.2 Å². The maximum absolute atomic E-state index is 12.7. The van der Waals surface area contributed by atoms with Crippen LogP contribution in [0.2, 0.25) is 0 Å². The zero-order valence-electron chi connectivity index (χ0n) is 14.7. The molecule has 2 heterocycles. The van der Waals surface area contributed by atoms with Crippen LogP contribution in [-0.2, 0) is 18.3 Å². The first kappa shape index (κ1) is 18.4. The average molecular weight is 338 g/mol.